The average molecular weight is 170 g/mol. The van der Waals surface area contributed by atoms with Crippen LogP contribution in [0.1, 0.15) is 30.9 Å². The Labute approximate surface area is 79.6 Å². The molecular weight excluding hydrogens is 156 g/mol. The molecule has 1 unspecified atom stereocenters. The van der Waals surface area contributed by atoms with Gasteiger partial charge in [0.15, 0.2) is 0 Å². The van der Waals surface area contributed by atoms with E-state index in [0.717, 1.165) is 0 Å². The van der Waals surface area contributed by atoms with Crippen molar-refractivity contribution in [2.24, 2.45) is 0 Å². The summed E-state index contributed by atoms with van der Waals surface area (Å²) in [5.74, 6) is 0.547. The van der Waals surface area contributed by atoms with Crippen molar-refractivity contribution in [1.29, 1.82) is 0 Å². The highest BCUT2D eigenvalue weighted by Gasteiger charge is 2.14. The smallest absolute Gasteiger partial charge is 0.00636 e. The van der Waals surface area contributed by atoms with Crippen LogP contribution < -0.4 is 0 Å². The lowest BCUT2D eigenvalue weighted by atomic mass is 9.85. The monoisotopic (exact) mass is 170 g/mol. The first-order chi connectivity index (χ1) is 6.33. The third-order valence-electron chi connectivity index (χ3n) is 2.75. The lowest BCUT2D eigenvalue weighted by molar-refractivity contribution is 0.908. The minimum Gasteiger partial charge on any atom is -0.0838 e. The maximum absolute atomic E-state index is 2.26. The molecule has 1 aromatic rings. The van der Waals surface area contributed by atoms with Gasteiger partial charge in [0.25, 0.3) is 0 Å². The van der Waals surface area contributed by atoms with Crippen LogP contribution >= 0.6 is 0 Å². The minimum atomic E-state index is 0.547. The molecule has 0 heterocycles. The Kier molecular flexibility index (Phi) is 2.05. The number of fused-ring (bicyclic) bond motifs is 1. The van der Waals surface area contributed by atoms with Gasteiger partial charge in [-0.3, -0.25) is 0 Å². The van der Waals surface area contributed by atoms with E-state index in [4.69, 9.17) is 0 Å². The summed E-state index contributed by atoms with van der Waals surface area (Å²) in [5.41, 5.74) is 4.22. The van der Waals surface area contributed by atoms with Crippen LogP contribution in [0.5, 0.6) is 0 Å². The van der Waals surface area contributed by atoms with Crippen LogP contribution in [0.15, 0.2) is 42.0 Å². The van der Waals surface area contributed by atoms with E-state index >= 15 is 0 Å². The molecule has 66 valence electrons. The van der Waals surface area contributed by atoms with E-state index in [2.05, 4.69) is 56.3 Å². The minimum absolute atomic E-state index is 0.547. The summed E-state index contributed by atoms with van der Waals surface area (Å²) in [4.78, 5) is 0. The van der Waals surface area contributed by atoms with Gasteiger partial charge in [0, 0.05) is 5.92 Å². The topological polar surface area (TPSA) is 0 Å². The summed E-state index contributed by atoms with van der Waals surface area (Å²) >= 11 is 0. The van der Waals surface area contributed by atoms with Gasteiger partial charge in [0.1, 0.15) is 0 Å². The van der Waals surface area contributed by atoms with Crippen LogP contribution in [0.25, 0.3) is 6.08 Å². The van der Waals surface area contributed by atoms with Crippen LogP contribution in [-0.4, -0.2) is 0 Å². The molecule has 0 spiro atoms. The van der Waals surface area contributed by atoms with Crippen molar-refractivity contribution in [3.63, 3.8) is 0 Å². The van der Waals surface area contributed by atoms with Gasteiger partial charge in [-0.05, 0) is 23.6 Å². The maximum atomic E-state index is 2.26. The molecule has 0 nitrogen and oxygen atoms in total. The Bertz CT molecular complexity index is 369. The summed E-state index contributed by atoms with van der Waals surface area (Å²) in [5, 5.41) is 0. The quantitative estimate of drug-likeness (QED) is 0.556. The number of rotatable bonds is 0. The average Bonchev–Trinajstić information content (AvgIpc) is 2.19. The molecule has 0 radical (unpaired) electrons. The van der Waals surface area contributed by atoms with Crippen LogP contribution in [-0.2, 0) is 0 Å². The normalized spacial score (nSPS) is 23.2. The van der Waals surface area contributed by atoms with Crippen molar-refractivity contribution in [3.05, 3.63) is 53.1 Å². The first kappa shape index (κ1) is 8.31. The zero-order valence-electron chi connectivity index (χ0n) is 8.12. The fourth-order valence-electron chi connectivity index (χ4n) is 1.91. The highest BCUT2D eigenvalue weighted by atomic mass is 14.2. The molecule has 0 aromatic heterocycles. The highest BCUT2D eigenvalue weighted by molar-refractivity contribution is 5.63. The lowest BCUT2D eigenvalue weighted by Gasteiger charge is -2.20. The molecule has 0 amide bonds. The van der Waals surface area contributed by atoms with Crippen LogP contribution in [0, 0.1) is 0 Å². The van der Waals surface area contributed by atoms with Gasteiger partial charge in [0.05, 0.1) is 0 Å². The van der Waals surface area contributed by atoms with Gasteiger partial charge < -0.3 is 0 Å². The Morgan fingerprint density at radius 2 is 1.92 bits per heavy atom. The molecule has 1 aliphatic rings. The molecule has 0 bridgehead atoms. The van der Waals surface area contributed by atoms with E-state index < -0.39 is 0 Å². The molecule has 0 saturated heterocycles. The van der Waals surface area contributed by atoms with E-state index in [1.165, 1.54) is 16.7 Å². The Balaban J connectivity index is 2.54. The molecule has 0 heteroatoms. The third kappa shape index (κ3) is 1.33. The van der Waals surface area contributed by atoms with E-state index in [0.29, 0.717) is 5.92 Å². The molecule has 2 rings (SSSR count). The second kappa shape index (κ2) is 3.21. The van der Waals surface area contributed by atoms with Crippen molar-refractivity contribution in [2.75, 3.05) is 0 Å². The fraction of sp³-hybridized carbons (Fsp3) is 0.231. The molecule has 1 aromatic carbocycles. The molecule has 1 aliphatic carbocycles. The fourth-order valence-corrected chi connectivity index (χ4v) is 1.91. The Hall–Kier alpha value is -1.30. The largest absolute Gasteiger partial charge is 0.0838 e. The van der Waals surface area contributed by atoms with E-state index in [1.54, 1.807) is 0 Å². The number of hydrogen-bond acceptors (Lipinski definition) is 0. The predicted octanol–water partition coefficient (Wildman–Crippen LogP) is 3.76. The predicted molar refractivity (Wildman–Crippen MR) is 57.6 cm³/mol. The van der Waals surface area contributed by atoms with Crippen molar-refractivity contribution >= 4 is 6.08 Å². The van der Waals surface area contributed by atoms with Crippen LogP contribution in [0.2, 0.25) is 0 Å². The van der Waals surface area contributed by atoms with Crippen molar-refractivity contribution in [3.8, 4) is 0 Å². The van der Waals surface area contributed by atoms with Crippen molar-refractivity contribution < 1.29 is 0 Å². The summed E-state index contributed by atoms with van der Waals surface area (Å²) in [7, 11) is 0. The second-order valence-electron chi connectivity index (χ2n) is 3.47. The zero-order chi connectivity index (χ0) is 9.26. The molecule has 0 fully saturated rings. The lowest BCUT2D eigenvalue weighted by Crippen LogP contribution is -2.02. The van der Waals surface area contributed by atoms with Gasteiger partial charge in [-0.1, -0.05) is 49.4 Å². The van der Waals surface area contributed by atoms with Gasteiger partial charge in [-0.25, -0.2) is 0 Å². The number of allylic oxidation sites excluding steroid dienone is 3. The highest BCUT2D eigenvalue weighted by Crippen LogP contribution is 2.32. The first-order valence-corrected chi connectivity index (χ1v) is 4.76. The van der Waals surface area contributed by atoms with E-state index in [9.17, 15) is 0 Å². The molecule has 13 heavy (non-hydrogen) atoms. The van der Waals surface area contributed by atoms with Gasteiger partial charge in [0.2, 0.25) is 0 Å². The maximum Gasteiger partial charge on any atom is 0.00636 e. The Morgan fingerprint density at radius 1 is 1.15 bits per heavy atom. The summed E-state index contributed by atoms with van der Waals surface area (Å²) < 4.78 is 0. The Morgan fingerprint density at radius 3 is 2.69 bits per heavy atom. The van der Waals surface area contributed by atoms with Crippen molar-refractivity contribution in [2.45, 2.75) is 19.8 Å². The molecule has 0 aliphatic heterocycles. The molecule has 0 saturated carbocycles. The third-order valence-corrected chi connectivity index (χ3v) is 2.75. The molecular formula is C13H14. The summed E-state index contributed by atoms with van der Waals surface area (Å²) in [6.45, 7) is 4.36. The number of hydrogen-bond donors (Lipinski definition) is 0. The number of benzene rings is 1. The molecule has 0 N–H and O–H groups in total. The van der Waals surface area contributed by atoms with Crippen LogP contribution in [0.4, 0.5) is 0 Å². The van der Waals surface area contributed by atoms with Crippen molar-refractivity contribution in [1.82, 2.24) is 0 Å². The standard InChI is InChI=1S/C13H14/c1-3-11-8-9-12-6-4-5-7-13(12)10(11)2/h3-10H,1-2H3. The van der Waals surface area contributed by atoms with E-state index in [-0.39, 0.29) is 0 Å². The van der Waals surface area contributed by atoms with Gasteiger partial charge >= 0.3 is 0 Å². The first-order valence-electron chi connectivity index (χ1n) is 4.76. The zero-order valence-corrected chi connectivity index (χ0v) is 8.12. The van der Waals surface area contributed by atoms with Gasteiger partial charge in [-0.2, -0.15) is 0 Å². The second-order valence-corrected chi connectivity index (χ2v) is 3.47. The van der Waals surface area contributed by atoms with Crippen LogP contribution in [0.3, 0.4) is 0 Å². The SMILES string of the molecule is CC=C1C=Cc2ccccc2C1C. The summed E-state index contributed by atoms with van der Waals surface area (Å²) in [6, 6.07) is 8.60. The van der Waals surface area contributed by atoms with E-state index in [1.807, 2.05) is 0 Å². The summed E-state index contributed by atoms with van der Waals surface area (Å²) in [6.07, 6.45) is 6.61. The van der Waals surface area contributed by atoms with Gasteiger partial charge in [-0.15, -0.1) is 0 Å². The molecule has 1 atom stereocenters.